The van der Waals surface area contributed by atoms with Gasteiger partial charge in [0, 0.05) is 71.0 Å². The van der Waals surface area contributed by atoms with E-state index in [1.54, 1.807) is 24.5 Å². The second kappa shape index (κ2) is 9.00. The number of para-hydroxylation sites is 1. The van der Waals surface area contributed by atoms with Gasteiger partial charge in [-0.15, -0.1) is 17.5 Å². The molecule has 176 valence electrons. The Morgan fingerprint density at radius 1 is 0.886 bits per heavy atom. The van der Waals surface area contributed by atoms with E-state index in [4.69, 9.17) is 9.72 Å². The van der Waals surface area contributed by atoms with Gasteiger partial charge in [0.05, 0.1) is 11.2 Å². The monoisotopic (exact) mass is 641 g/mol. The Morgan fingerprint density at radius 3 is 2.60 bits per heavy atom. The van der Waals surface area contributed by atoms with Crippen LogP contribution in [-0.4, -0.2) is 38.7 Å². The van der Waals surface area contributed by atoms with E-state index in [1.807, 2.05) is 55.4 Å². The summed E-state index contributed by atoms with van der Waals surface area (Å²) in [6.45, 7) is 0. The molecule has 0 radical (unpaired) electrons. The van der Waals surface area contributed by atoms with Gasteiger partial charge in [-0.1, -0.05) is 23.7 Å². The largest absolute Gasteiger partial charge is 0.506 e. The topological polar surface area (TPSA) is 76.3 Å². The zero-order valence-electron chi connectivity index (χ0n) is 18.9. The predicted octanol–water partition coefficient (Wildman–Crippen LogP) is 5.48. The van der Waals surface area contributed by atoms with Gasteiger partial charge in [-0.25, -0.2) is 9.97 Å². The van der Waals surface area contributed by atoms with Gasteiger partial charge in [0.15, 0.2) is 5.82 Å². The first-order chi connectivity index (χ1) is 16.6. The molecular weight excluding hydrogens is 621 g/mol. The molecule has 2 aromatic carbocycles. The first-order valence-electron chi connectivity index (χ1n) is 10.8. The summed E-state index contributed by atoms with van der Waals surface area (Å²) in [6.07, 6.45) is 3.34. The van der Waals surface area contributed by atoms with Crippen LogP contribution in [0.4, 0.5) is 5.69 Å². The summed E-state index contributed by atoms with van der Waals surface area (Å²) in [5, 5.41) is 12.3. The van der Waals surface area contributed by atoms with Crippen molar-refractivity contribution >= 4 is 38.5 Å². The van der Waals surface area contributed by atoms with Crippen molar-refractivity contribution in [3.63, 3.8) is 0 Å². The first kappa shape index (κ1) is 22.8. The Balaban J connectivity index is 0.00000253. The Kier molecular flexibility index (Phi) is 5.87. The minimum Gasteiger partial charge on any atom is -0.506 e. The maximum absolute atomic E-state index is 10.1. The molecule has 0 aliphatic carbocycles. The summed E-state index contributed by atoms with van der Waals surface area (Å²) in [4.78, 5) is 15.4. The minimum absolute atomic E-state index is 0. The number of aromatic nitrogens is 4. The van der Waals surface area contributed by atoms with Gasteiger partial charge in [0.25, 0.3) is 0 Å². The fourth-order valence-corrected chi connectivity index (χ4v) is 4.23. The number of benzene rings is 2. The Morgan fingerprint density at radius 2 is 1.74 bits per heavy atom. The van der Waals surface area contributed by atoms with Gasteiger partial charge >= 0.3 is 0 Å². The van der Waals surface area contributed by atoms with Gasteiger partial charge in [-0.3, -0.25) is 4.98 Å². The number of ether oxygens (including phenoxy) is 1. The van der Waals surface area contributed by atoms with E-state index in [9.17, 15) is 5.11 Å². The molecule has 4 heterocycles. The molecule has 0 saturated carbocycles. The molecular formula is C27H20N5O2Pt-. The van der Waals surface area contributed by atoms with Crippen molar-refractivity contribution in [2.45, 2.75) is 0 Å². The van der Waals surface area contributed by atoms with Crippen LogP contribution in [0.5, 0.6) is 17.4 Å². The van der Waals surface area contributed by atoms with E-state index in [1.165, 1.54) is 6.07 Å². The van der Waals surface area contributed by atoms with Crippen molar-refractivity contribution in [2.24, 2.45) is 0 Å². The van der Waals surface area contributed by atoms with Gasteiger partial charge in [-0.2, -0.15) is 6.07 Å². The molecule has 35 heavy (non-hydrogen) atoms. The third-order valence-electron chi connectivity index (χ3n) is 5.77. The maximum atomic E-state index is 10.1. The van der Waals surface area contributed by atoms with Crippen LogP contribution in [0, 0.1) is 6.07 Å². The van der Waals surface area contributed by atoms with Crippen LogP contribution >= 0.6 is 0 Å². The normalized spacial score (nSPS) is 11.0. The third kappa shape index (κ3) is 3.88. The van der Waals surface area contributed by atoms with E-state index < -0.39 is 0 Å². The van der Waals surface area contributed by atoms with Crippen molar-refractivity contribution in [2.75, 3.05) is 19.0 Å². The maximum Gasteiger partial charge on any atom is 0.217 e. The van der Waals surface area contributed by atoms with Crippen molar-refractivity contribution in [3.05, 3.63) is 85.2 Å². The third-order valence-corrected chi connectivity index (χ3v) is 5.77. The van der Waals surface area contributed by atoms with E-state index >= 15 is 0 Å². The predicted molar refractivity (Wildman–Crippen MR) is 133 cm³/mol. The fourth-order valence-electron chi connectivity index (χ4n) is 4.23. The number of aromatic hydroxyl groups is 1. The summed E-state index contributed by atoms with van der Waals surface area (Å²) in [6, 6.07) is 24.5. The average Bonchev–Trinajstić information content (AvgIpc) is 3.18. The molecule has 0 spiro atoms. The molecule has 0 aliphatic rings. The summed E-state index contributed by atoms with van der Waals surface area (Å²) in [7, 11) is 4.00. The summed E-state index contributed by atoms with van der Waals surface area (Å²) < 4.78 is 8.17. The van der Waals surface area contributed by atoms with Crippen molar-refractivity contribution < 1.29 is 30.9 Å². The van der Waals surface area contributed by atoms with Crippen molar-refractivity contribution in [3.8, 4) is 23.2 Å². The molecule has 6 aromatic rings. The SMILES string of the molecule is CN(C)c1cccnc1-n1c2[c-]c(Oc3ccc4nccc(O)c4n3)ccc2c2ccccc21.[Pt]. The molecule has 0 atom stereocenters. The van der Waals surface area contributed by atoms with E-state index in [0.717, 1.165) is 33.3 Å². The number of anilines is 1. The van der Waals surface area contributed by atoms with Crippen LogP contribution < -0.4 is 9.64 Å². The van der Waals surface area contributed by atoms with Crippen LogP contribution in [0.3, 0.4) is 0 Å². The molecule has 0 amide bonds. The standard InChI is InChI=1S/C27H20N5O2.Pt/c1-31(2)22-8-5-14-29-27(22)32-21-7-4-3-6-18(21)19-10-9-17(16-23(19)32)34-25-12-11-20-26(30-25)24(33)13-15-28-20;/h3-15H,1-2H3,(H,28,33);/q-1;. The van der Waals surface area contributed by atoms with Crippen LogP contribution in [0.15, 0.2) is 79.1 Å². The number of hydrogen-bond acceptors (Lipinski definition) is 6. The quantitative estimate of drug-likeness (QED) is 0.257. The van der Waals surface area contributed by atoms with E-state index in [0.29, 0.717) is 22.7 Å². The van der Waals surface area contributed by atoms with E-state index in [2.05, 4.69) is 32.7 Å². The van der Waals surface area contributed by atoms with Crippen LogP contribution in [0.2, 0.25) is 0 Å². The van der Waals surface area contributed by atoms with Crippen LogP contribution in [0.1, 0.15) is 0 Å². The summed E-state index contributed by atoms with van der Waals surface area (Å²) in [5.41, 5.74) is 3.86. The second-order valence-electron chi connectivity index (χ2n) is 8.13. The van der Waals surface area contributed by atoms with Gasteiger partial charge in [0.1, 0.15) is 11.3 Å². The second-order valence-corrected chi connectivity index (χ2v) is 8.13. The molecule has 0 fully saturated rings. The number of nitrogens with zero attached hydrogens (tertiary/aromatic N) is 5. The molecule has 6 rings (SSSR count). The Bertz CT molecular complexity index is 1700. The average molecular weight is 642 g/mol. The van der Waals surface area contributed by atoms with Gasteiger partial charge in [0.2, 0.25) is 5.88 Å². The minimum atomic E-state index is 0. The smallest absolute Gasteiger partial charge is 0.217 e. The molecule has 0 saturated heterocycles. The zero-order valence-corrected chi connectivity index (χ0v) is 21.2. The number of hydrogen-bond donors (Lipinski definition) is 1. The number of fused-ring (bicyclic) bond motifs is 4. The first-order valence-corrected chi connectivity index (χ1v) is 10.8. The Labute approximate surface area is 215 Å². The van der Waals surface area contributed by atoms with Gasteiger partial charge in [-0.05, 0) is 29.7 Å². The number of rotatable bonds is 4. The molecule has 0 unspecified atom stereocenters. The van der Waals surface area contributed by atoms with Crippen molar-refractivity contribution in [1.82, 2.24) is 19.5 Å². The van der Waals surface area contributed by atoms with Crippen LogP contribution in [0.25, 0.3) is 38.7 Å². The molecule has 8 heteroatoms. The molecule has 7 nitrogen and oxygen atoms in total. The molecule has 1 N–H and O–H groups in total. The zero-order chi connectivity index (χ0) is 23.2. The van der Waals surface area contributed by atoms with E-state index in [-0.39, 0.29) is 26.8 Å². The molecule has 0 aliphatic heterocycles. The molecule has 0 bridgehead atoms. The number of pyridine rings is 3. The van der Waals surface area contributed by atoms with Gasteiger partial charge < -0.3 is 19.3 Å². The molecule has 4 aromatic heterocycles. The summed E-state index contributed by atoms with van der Waals surface area (Å²) >= 11 is 0. The fraction of sp³-hybridized carbons (Fsp3) is 0.0741. The van der Waals surface area contributed by atoms with Crippen LogP contribution in [-0.2, 0) is 21.1 Å². The summed E-state index contributed by atoms with van der Waals surface area (Å²) in [5.74, 6) is 1.73. The van der Waals surface area contributed by atoms with Crippen molar-refractivity contribution in [1.29, 1.82) is 0 Å². The Hall–Kier alpha value is -3.96.